The monoisotopic (exact) mass is 313 g/mol. The second-order valence-corrected chi connectivity index (χ2v) is 5.80. The van der Waals surface area contributed by atoms with Crippen LogP contribution >= 0.6 is 27.3 Å². The van der Waals surface area contributed by atoms with Crippen molar-refractivity contribution in [2.75, 3.05) is 11.9 Å². The van der Waals surface area contributed by atoms with Gasteiger partial charge in [-0.15, -0.1) is 11.3 Å². The van der Waals surface area contributed by atoms with E-state index in [-0.39, 0.29) is 0 Å². The fourth-order valence-electron chi connectivity index (χ4n) is 1.59. The van der Waals surface area contributed by atoms with E-state index in [1.165, 1.54) is 17.7 Å². The first kappa shape index (κ1) is 12.6. The molecule has 5 heteroatoms. The number of halogens is 1. The number of nitrogens with one attached hydrogen (secondary N) is 1. The summed E-state index contributed by atoms with van der Waals surface area (Å²) in [5, 5.41) is 5.47. The Balaban J connectivity index is 1.98. The molecule has 2 heterocycles. The van der Waals surface area contributed by atoms with Crippen molar-refractivity contribution in [1.82, 2.24) is 9.55 Å². The van der Waals surface area contributed by atoms with Crippen LogP contribution in [0.15, 0.2) is 28.3 Å². The summed E-state index contributed by atoms with van der Waals surface area (Å²) >= 11 is 5.24. The SMILES string of the molecule is CCCCNc1nccn1Cc1cc(Br)cs1. The summed E-state index contributed by atoms with van der Waals surface area (Å²) < 4.78 is 3.30. The van der Waals surface area contributed by atoms with Crippen LogP contribution in [0.2, 0.25) is 0 Å². The van der Waals surface area contributed by atoms with Gasteiger partial charge < -0.3 is 9.88 Å². The minimum atomic E-state index is 0.880. The Labute approximate surface area is 114 Å². The smallest absolute Gasteiger partial charge is 0.203 e. The molecule has 0 saturated carbocycles. The molecule has 2 aromatic heterocycles. The number of nitrogens with zero attached hydrogens (tertiary/aromatic N) is 2. The zero-order chi connectivity index (χ0) is 12.1. The van der Waals surface area contributed by atoms with Crippen molar-refractivity contribution in [2.45, 2.75) is 26.3 Å². The Morgan fingerprint density at radius 3 is 3.12 bits per heavy atom. The average Bonchev–Trinajstić information content (AvgIpc) is 2.90. The highest BCUT2D eigenvalue weighted by Gasteiger charge is 2.04. The van der Waals surface area contributed by atoms with E-state index in [2.05, 4.69) is 49.2 Å². The minimum Gasteiger partial charge on any atom is -0.356 e. The van der Waals surface area contributed by atoms with E-state index in [4.69, 9.17) is 0 Å². The van der Waals surface area contributed by atoms with Crippen molar-refractivity contribution in [3.05, 3.63) is 33.2 Å². The summed E-state index contributed by atoms with van der Waals surface area (Å²) in [7, 11) is 0. The average molecular weight is 314 g/mol. The van der Waals surface area contributed by atoms with Gasteiger partial charge in [0.15, 0.2) is 0 Å². The fraction of sp³-hybridized carbons (Fsp3) is 0.417. The maximum absolute atomic E-state index is 4.34. The molecule has 0 aliphatic carbocycles. The summed E-state index contributed by atoms with van der Waals surface area (Å²) in [5.74, 6) is 0.961. The van der Waals surface area contributed by atoms with Gasteiger partial charge in [-0.25, -0.2) is 4.98 Å². The van der Waals surface area contributed by atoms with Gasteiger partial charge in [-0.1, -0.05) is 13.3 Å². The van der Waals surface area contributed by atoms with E-state index in [0.717, 1.165) is 23.5 Å². The van der Waals surface area contributed by atoms with Gasteiger partial charge in [0, 0.05) is 33.7 Å². The van der Waals surface area contributed by atoms with Gasteiger partial charge in [-0.2, -0.15) is 0 Å². The Bertz CT molecular complexity index is 464. The van der Waals surface area contributed by atoms with Crippen LogP contribution in [-0.4, -0.2) is 16.1 Å². The van der Waals surface area contributed by atoms with Crippen LogP contribution in [0.25, 0.3) is 0 Å². The molecule has 0 aliphatic rings. The fourth-order valence-corrected chi connectivity index (χ4v) is 3.03. The van der Waals surface area contributed by atoms with Gasteiger partial charge >= 0.3 is 0 Å². The van der Waals surface area contributed by atoms with Crippen LogP contribution in [0, 0.1) is 0 Å². The Hall–Kier alpha value is -0.810. The van der Waals surface area contributed by atoms with Crippen molar-refractivity contribution < 1.29 is 0 Å². The number of hydrogen-bond donors (Lipinski definition) is 1. The lowest BCUT2D eigenvalue weighted by Gasteiger charge is -2.08. The van der Waals surface area contributed by atoms with Crippen LogP contribution in [0.1, 0.15) is 24.6 Å². The molecule has 3 nitrogen and oxygen atoms in total. The topological polar surface area (TPSA) is 29.9 Å². The molecule has 1 N–H and O–H groups in total. The molecule has 0 atom stereocenters. The Kier molecular flexibility index (Phi) is 4.62. The van der Waals surface area contributed by atoms with E-state index in [1.54, 1.807) is 11.3 Å². The second kappa shape index (κ2) is 6.21. The predicted octanol–water partition coefficient (Wildman–Crippen LogP) is 3.97. The molecule has 0 radical (unpaired) electrons. The summed E-state index contributed by atoms with van der Waals surface area (Å²) in [6.45, 7) is 4.06. The lowest BCUT2D eigenvalue weighted by molar-refractivity contribution is 0.782. The van der Waals surface area contributed by atoms with Gasteiger partial charge in [0.25, 0.3) is 0 Å². The van der Waals surface area contributed by atoms with Gasteiger partial charge in [0.05, 0.1) is 6.54 Å². The van der Waals surface area contributed by atoms with Crippen molar-refractivity contribution in [3.63, 3.8) is 0 Å². The maximum atomic E-state index is 4.34. The van der Waals surface area contributed by atoms with Crippen LogP contribution in [-0.2, 0) is 6.54 Å². The second-order valence-electron chi connectivity index (χ2n) is 3.89. The molecule has 0 saturated heterocycles. The number of unbranched alkanes of at least 4 members (excludes halogenated alkanes) is 1. The standard InChI is InChI=1S/C12H16BrN3S/c1-2-3-4-14-12-15-5-6-16(12)8-11-7-10(13)9-17-11/h5-7,9H,2-4,8H2,1H3,(H,14,15). The number of imidazole rings is 1. The molecule has 0 aliphatic heterocycles. The summed E-state index contributed by atoms with van der Waals surface area (Å²) in [6, 6.07) is 2.15. The summed E-state index contributed by atoms with van der Waals surface area (Å²) in [5.41, 5.74) is 0. The third-order valence-electron chi connectivity index (χ3n) is 2.48. The quantitative estimate of drug-likeness (QED) is 0.818. The maximum Gasteiger partial charge on any atom is 0.203 e. The molecule has 2 aromatic rings. The molecule has 0 bridgehead atoms. The zero-order valence-electron chi connectivity index (χ0n) is 9.82. The lowest BCUT2D eigenvalue weighted by atomic mass is 10.3. The summed E-state index contributed by atoms with van der Waals surface area (Å²) in [6.07, 6.45) is 6.24. The highest BCUT2D eigenvalue weighted by Crippen LogP contribution is 2.21. The van der Waals surface area contributed by atoms with Crippen LogP contribution in [0.5, 0.6) is 0 Å². The first-order valence-electron chi connectivity index (χ1n) is 5.77. The van der Waals surface area contributed by atoms with Crippen molar-refractivity contribution in [2.24, 2.45) is 0 Å². The highest BCUT2D eigenvalue weighted by molar-refractivity contribution is 9.10. The number of anilines is 1. The van der Waals surface area contributed by atoms with Crippen molar-refractivity contribution in [3.8, 4) is 0 Å². The molecule has 0 fully saturated rings. The van der Waals surface area contributed by atoms with Crippen LogP contribution in [0.3, 0.4) is 0 Å². The largest absolute Gasteiger partial charge is 0.356 e. The predicted molar refractivity (Wildman–Crippen MR) is 76.7 cm³/mol. The van der Waals surface area contributed by atoms with Gasteiger partial charge in [0.2, 0.25) is 5.95 Å². The molecule has 0 aromatic carbocycles. The molecular weight excluding hydrogens is 298 g/mol. The van der Waals surface area contributed by atoms with E-state index in [1.807, 2.05) is 12.4 Å². The van der Waals surface area contributed by atoms with Crippen LogP contribution in [0.4, 0.5) is 5.95 Å². The lowest BCUT2D eigenvalue weighted by Crippen LogP contribution is -2.08. The van der Waals surface area contributed by atoms with Crippen LogP contribution < -0.4 is 5.32 Å². The minimum absolute atomic E-state index is 0.880. The van der Waals surface area contributed by atoms with Gasteiger partial charge in [-0.3, -0.25) is 0 Å². The number of hydrogen-bond acceptors (Lipinski definition) is 3. The van der Waals surface area contributed by atoms with E-state index >= 15 is 0 Å². The number of aromatic nitrogens is 2. The first-order valence-corrected chi connectivity index (χ1v) is 7.44. The number of thiophene rings is 1. The van der Waals surface area contributed by atoms with E-state index in [0.29, 0.717) is 0 Å². The normalized spacial score (nSPS) is 10.7. The Morgan fingerprint density at radius 1 is 1.53 bits per heavy atom. The third-order valence-corrected chi connectivity index (χ3v) is 4.16. The zero-order valence-corrected chi connectivity index (χ0v) is 12.2. The molecule has 92 valence electrons. The molecule has 0 spiro atoms. The highest BCUT2D eigenvalue weighted by atomic mass is 79.9. The molecule has 17 heavy (non-hydrogen) atoms. The van der Waals surface area contributed by atoms with Crippen molar-refractivity contribution >= 4 is 33.2 Å². The molecule has 0 unspecified atom stereocenters. The molecular formula is C12H16BrN3S. The number of rotatable bonds is 6. The summed E-state index contributed by atoms with van der Waals surface area (Å²) in [4.78, 5) is 5.66. The Morgan fingerprint density at radius 2 is 2.41 bits per heavy atom. The van der Waals surface area contributed by atoms with E-state index in [9.17, 15) is 0 Å². The first-order chi connectivity index (χ1) is 8.29. The third kappa shape index (κ3) is 3.57. The van der Waals surface area contributed by atoms with E-state index < -0.39 is 0 Å². The van der Waals surface area contributed by atoms with Crippen molar-refractivity contribution in [1.29, 1.82) is 0 Å². The van der Waals surface area contributed by atoms with Gasteiger partial charge in [-0.05, 0) is 28.4 Å². The molecule has 0 amide bonds. The van der Waals surface area contributed by atoms with Gasteiger partial charge in [0.1, 0.15) is 0 Å². The molecule has 2 rings (SSSR count).